The quantitative estimate of drug-likeness (QED) is 0.723. The fraction of sp³-hybridized carbons (Fsp3) is 0.462. The van der Waals surface area contributed by atoms with E-state index in [2.05, 4.69) is 0 Å². The van der Waals surface area contributed by atoms with Crippen LogP contribution in [-0.2, 0) is 0 Å². The highest BCUT2D eigenvalue weighted by Crippen LogP contribution is 2.55. The molecule has 0 heterocycles. The predicted octanol–water partition coefficient (Wildman–Crippen LogP) is 4.22. The largest absolute Gasteiger partial charge is 0.294 e. The molecule has 2 aliphatic carbocycles. The first-order chi connectivity index (χ1) is 7.65. The molecule has 0 radical (unpaired) electrons. The van der Waals surface area contributed by atoms with Crippen molar-refractivity contribution in [2.24, 2.45) is 17.8 Å². The first-order valence-corrected chi connectivity index (χ1v) is 6.40. The first-order valence-electron chi connectivity index (χ1n) is 5.64. The second-order valence-corrected chi connectivity index (χ2v) is 5.76. The third-order valence-corrected chi connectivity index (χ3v) is 4.36. The molecule has 2 unspecified atom stereocenters. The summed E-state index contributed by atoms with van der Waals surface area (Å²) in [5, 5.41) is 1.06. The molecule has 84 valence electrons. The van der Waals surface area contributed by atoms with Gasteiger partial charge in [0.2, 0.25) is 0 Å². The van der Waals surface area contributed by atoms with Crippen LogP contribution in [0.5, 0.6) is 0 Å². The van der Waals surface area contributed by atoms with Gasteiger partial charge in [-0.25, -0.2) is 0 Å². The molecule has 1 nitrogen and oxygen atoms in total. The molecule has 1 aromatic carbocycles. The van der Waals surface area contributed by atoms with Crippen molar-refractivity contribution in [3.05, 3.63) is 33.8 Å². The minimum Gasteiger partial charge on any atom is -0.294 e. The van der Waals surface area contributed by atoms with Crippen molar-refractivity contribution in [3.63, 3.8) is 0 Å². The molecule has 0 aromatic heterocycles. The fourth-order valence-corrected chi connectivity index (χ4v) is 3.34. The smallest absolute Gasteiger partial charge is 0.167 e. The third-order valence-electron chi connectivity index (χ3n) is 3.81. The van der Waals surface area contributed by atoms with Crippen molar-refractivity contribution >= 4 is 29.0 Å². The SMILES string of the molecule is O=C(c1ccc(Cl)cc1Cl)C1CC2CC2C1. The van der Waals surface area contributed by atoms with E-state index in [0.717, 1.165) is 24.7 Å². The second kappa shape index (κ2) is 3.75. The molecular weight excluding hydrogens is 243 g/mol. The van der Waals surface area contributed by atoms with Crippen LogP contribution in [0.2, 0.25) is 10.0 Å². The minimum atomic E-state index is 0.197. The average molecular weight is 255 g/mol. The lowest BCUT2D eigenvalue weighted by molar-refractivity contribution is 0.0914. The second-order valence-electron chi connectivity index (χ2n) is 4.91. The third kappa shape index (κ3) is 1.76. The monoisotopic (exact) mass is 254 g/mol. The molecule has 0 bridgehead atoms. The molecule has 2 saturated carbocycles. The Hall–Kier alpha value is -0.530. The van der Waals surface area contributed by atoms with E-state index < -0.39 is 0 Å². The highest BCUT2D eigenvalue weighted by Gasteiger charge is 2.48. The maximum atomic E-state index is 12.2. The van der Waals surface area contributed by atoms with Gasteiger partial charge in [0.05, 0.1) is 5.02 Å². The van der Waals surface area contributed by atoms with Crippen molar-refractivity contribution in [3.8, 4) is 0 Å². The summed E-state index contributed by atoms with van der Waals surface area (Å²) in [6.45, 7) is 0. The molecule has 0 aliphatic heterocycles. The number of carbonyl (C=O) groups is 1. The molecule has 2 atom stereocenters. The molecular formula is C13H12Cl2O. The summed E-state index contributed by atoms with van der Waals surface area (Å²) in [7, 11) is 0. The normalized spacial score (nSPS) is 31.2. The maximum Gasteiger partial charge on any atom is 0.167 e. The highest BCUT2D eigenvalue weighted by atomic mass is 35.5. The number of hydrogen-bond acceptors (Lipinski definition) is 1. The standard InChI is InChI=1S/C13H12Cl2O/c14-10-1-2-11(12(15)6-10)13(16)9-4-7-3-8(7)5-9/h1-2,6-9H,3-5H2. The average Bonchev–Trinajstić information content (AvgIpc) is 2.85. The maximum absolute atomic E-state index is 12.2. The summed E-state index contributed by atoms with van der Waals surface area (Å²) in [4.78, 5) is 12.2. The van der Waals surface area contributed by atoms with Gasteiger partial charge in [0.25, 0.3) is 0 Å². The van der Waals surface area contributed by atoms with Gasteiger partial charge < -0.3 is 0 Å². The van der Waals surface area contributed by atoms with Gasteiger partial charge in [-0.2, -0.15) is 0 Å². The number of halogens is 2. The summed E-state index contributed by atoms with van der Waals surface area (Å²) in [6, 6.07) is 5.12. The van der Waals surface area contributed by atoms with Crippen LogP contribution >= 0.6 is 23.2 Å². The lowest BCUT2D eigenvalue weighted by atomic mass is 9.93. The number of Topliss-reactive ketones (excluding diaryl/α,β-unsaturated/α-hetero) is 1. The van der Waals surface area contributed by atoms with Gasteiger partial charge in [-0.15, -0.1) is 0 Å². The van der Waals surface area contributed by atoms with Crippen LogP contribution in [0.1, 0.15) is 29.6 Å². The number of hydrogen-bond donors (Lipinski definition) is 0. The van der Waals surface area contributed by atoms with Crippen molar-refractivity contribution < 1.29 is 4.79 Å². The summed E-state index contributed by atoms with van der Waals surface area (Å²) in [6.07, 6.45) is 3.45. The fourth-order valence-electron chi connectivity index (χ4n) is 2.84. The summed E-state index contributed by atoms with van der Waals surface area (Å²) in [5.41, 5.74) is 0.636. The first kappa shape index (κ1) is 10.6. The Bertz CT molecular complexity index is 445. The van der Waals surface area contributed by atoms with Crippen LogP contribution in [0.15, 0.2) is 18.2 Å². The Balaban J connectivity index is 1.83. The topological polar surface area (TPSA) is 17.1 Å². The van der Waals surface area contributed by atoms with Gasteiger partial charge >= 0.3 is 0 Å². The van der Waals surface area contributed by atoms with E-state index in [1.807, 2.05) is 0 Å². The van der Waals surface area contributed by atoms with E-state index in [4.69, 9.17) is 23.2 Å². The van der Waals surface area contributed by atoms with Crippen molar-refractivity contribution in [2.75, 3.05) is 0 Å². The summed E-state index contributed by atoms with van der Waals surface area (Å²) >= 11 is 11.9. The van der Waals surface area contributed by atoms with Crippen LogP contribution in [-0.4, -0.2) is 5.78 Å². The number of rotatable bonds is 2. The van der Waals surface area contributed by atoms with Crippen LogP contribution in [0.4, 0.5) is 0 Å². The van der Waals surface area contributed by atoms with E-state index in [-0.39, 0.29) is 11.7 Å². The lowest BCUT2D eigenvalue weighted by Gasteiger charge is -2.11. The van der Waals surface area contributed by atoms with E-state index >= 15 is 0 Å². The molecule has 2 fully saturated rings. The van der Waals surface area contributed by atoms with Gasteiger partial charge in [-0.05, 0) is 49.3 Å². The van der Waals surface area contributed by atoms with Crippen LogP contribution in [0, 0.1) is 17.8 Å². The Morgan fingerprint density at radius 1 is 1.12 bits per heavy atom. The predicted molar refractivity (Wildman–Crippen MR) is 65.1 cm³/mol. The Morgan fingerprint density at radius 2 is 1.81 bits per heavy atom. The Labute approximate surface area is 105 Å². The van der Waals surface area contributed by atoms with Gasteiger partial charge in [0.1, 0.15) is 0 Å². The van der Waals surface area contributed by atoms with Crippen molar-refractivity contribution in [1.82, 2.24) is 0 Å². The zero-order chi connectivity index (χ0) is 11.3. The van der Waals surface area contributed by atoms with Gasteiger partial charge in [0.15, 0.2) is 5.78 Å². The van der Waals surface area contributed by atoms with Crippen LogP contribution in [0.3, 0.4) is 0 Å². The minimum absolute atomic E-state index is 0.197. The van der Waals surface area contributed by atoms with Gasteiger partial charge in [-0.3, -0.25) is 4.79 Å². The van der Waals surface area contributed by atoms with E-state index in [1.165, 1.54) is 6.42 Å². The lowest BCUT2D eigenvalue weighted by Crippen LogP contribution is -2.13. The zero-order valence-corrected chi connectivity index (χ0v) is 10.3. The number of benzene rings is 1. The molecule has 0 amide bonds. The molecule has 3 rings (SSSR count). The summed E-state index contributed by atoms with van der Waals surface area (Å²) < 4.78 is 0. The molecule has 0 spiro atoms. The number of carbonyl (C=O) groups excluding carboxylic acids is 1. The van der Waals surface area contributed by atoms with Gasteiger partial charge in [0, 0.05) is 16.5 Å². The molecule has 1 aromatic rings. The van der Waals surface area contributed by atoms with Gasteiger partial charge in [-0.1, -0.05) is 23.2 Å². The van der Waals surface area contributed by atoms with Crippen LogP contribution < -0.4 is 0 Å². The van der Waals surface area contributed by atoms with E-state index in [9.17, 15) is 4.79 Å². The van der Waals surface area contributed by atoms with Crippen molar-refractivity contribution in [2.45, 2.75) is 19.3 Å². The molecule has 2 aliphatic rings. The number of fused-ring (bicyclic) bond motifs is 1. The number of ketones is 1. The molecule has 0 N–H and O–H groups in total. The molecule has 16 heavy (non-hydrogen) atoms. The highest BCUT2D eigenvalue weighted by molar-refractivity contribution is 6.36. The van der Waals surface area contributed by atoms with E-state index in [1.54, 1.807) is 18.2 Å². The Morgan fingerprint density at radius 3 is 2.44 bits per heavy atom. The van der Waals surface area contributed by atoms with E-state index in [0.29, 0.717) is 15.6 Å². The molecule has 0 saturated heterocycles. The summed E-state index contributed by atoms with van der Waals surface area (Å²) in [5.74, 6) is 2.04. The van der Waals surface area contributed by atoms with Crippen LogP contribution in [0.25, 0.3) is 0 Å². The zero-order valence-electron chi connectivity index (χ0n) is 8.75. The Kier molecular flexibility index (Phi) is 2.49. The molecule has 3 heteroatoms. The van der Waals surface area contributed by atoms with Crippen molar-refractivity contribution in [1.29, 1.82) is 0 Å².